The third-order valence-corrected chi connectivity index (χ3v) is 5.34. The minimum atomic E-state index is -0.717. The van der Waals surface area contributed by atoms with Gasteiger partial charge in [-0.25, -0.2) is 9.78 Å². The number of hydrogen-bond donors (Lipinski definition) is 1. The van der Waals surface area contributed by atoms with Crippen LogP contribution in [0.2, 0.25) is 10.0 Å². The van der Waals surface area contributed by atoms with Crippen molar-refractivity contribution in [3.63, 3.8) is 0 Å². The maximum absolute atomic E-state index is 12.2. The van der Waals surface area contributed by atoms with Crippen LogP contribution in [0, 0.1) is 0 Å². The fourth-order valence-electron chi connectivity index (χ4n) is 2.45. The topological polar surface area (TPSA) is 86.8 Å². The van der Waals surface area contributed by atoms with Gasteiger partial charge in [0.1, 0.15) is 5.01 Å². The summed E-state index contributed by atoms with van der Waals surface area (Å²) < 4.78 is 15.5. The van der Waals surface area contributed by atoms with Crippen LogP contribution in [0.25, 0.3) is 10.6 Å². The van der Waals surface area contributed by atoms with E-state index in [2.05, 4.69) is 10.3 Å². The smallest absolute Gasteiger partial charge is 0.358 e. The number of esters is 1. The van der Waals surface area contributed by atoms with Crippen molar-refractivity contribution in [2.75, 3.05) is 26.1 Å². The number of rotatable bonds is 7. The van der Waals surface area contributed by atoms with E-state index in [0.29, 0.717) is 32.2 Å². The van der Waals surface area contributed by atoms with Gasteiger partial charge in [-0.15, -0.1) is 11.3 Å². The molecule has 30 heavy (non-hydrogen) atoms. The van der Waals surface area contributed by atoms with Crippen LogP contribution in [0.4, 0.5) is 5.69 Å². The molecular formula is C20H16Cl2N2O5S. The summed E-state index contributed by atoms with van der Waals surface area (Å²) in [6, 6.07) is 9.96. The van der Waals surface area contributed by atoms with Crippen LogP contribution in [0.1, 0.15) is 10.5 Å². The number of aromatic nitrogens is 1. The molecule has 0 unspecified atom stereocenters. The molecule has 0 fully saturated rings. The monoisotopic (exact) mass is 466 g/mol. The molecule has 3 aromatic rings. The van der Waals surface area contributed by atoms with E-state index in [1.165, 1.54) is 24.5 Å². The van der Waals surface area contributed by atoms with Gasteiger partial charge in [0.25, 0.3) is 5.91 Å². The molecule has 1 aromatic heterocycles. The number of nitrogens with zero attached hydrogens (tertiary/aromatic N) is 1. The Morgan fingerprint density at radius 1 is 1.07 bits per heavy atom. The first kappa shape index (κ1) is 21.9. The SMILES string of the molecule is COc1ccc(-c2nc(C(=O)OCC(=O)Nc3cc(Cl)ccc3Cl)cs2)cc1OC. The van der Waals surface area contributed by atoms with Crippen molar-refractivity contribution < 1.29 is 23.8 Å². The van der Waals surface area contributed by atoms with Crippen molar-refractivity contribution in [2.45, 2.75) is 0 Å². The van der Waals surface area contributed by atoms with Crippen molar-refractivity contribution in [1.29, 1.82) is 0 Å². The van der Waals surface area contributed by atoms with Gasteiger partial charge in [-0.1, -0.05) is 23.2 Å². The zero-order chi connectivity index (χ0) is 21.7. The molecule has 0 aliphatic carbocycles. The number of amides is 1. The molecule has 0 saturated heterocycles. The van der Waals surface area contributed by atoms with Gasteiger partial charge in [-0.3, -0.25) is 4.79 Å². The number of thiazole rings is 1. The number of anilines is 1. The van der Waals surface area contributed by atoms with E-state index in [9.17, 15) is 9.59 Å². The van der Waals surface area contributed by atoms with Gasteiger partial charge in [0.15, 0.2) is 23.8 Å². The maximum atomic E-state index is 12.2. The van der Waals surface area contributed by atoms with Crippen LogP contribution in [0.5, 0.6) is 11.5 Å². The molecule has 0 radical (unpaired) electrons. The lowest BCUT2D eigenvalue weighted by molar-refractivity contribution is -0.119. The second kappa shape index (κ2) is 9.80. The summed E-state index contributed by atoms with van der Waals surface area (Å²) in [7, 11) is 3.08. The summed E-state index contributed by atoms with van der Waals surface area (Å²) >= 11 is 13.1. The van der Waals surface area contributed by atoms with Crippen molar-refractivity contribution in [3.05, 3.63) is 57.5 Å². The lowest BCUT2D eigenvalue weighted by Gasteiger charge is -2.08. The highest BCUT2D eigenvalue weighted by molar-refractivity contribution is 7.13. The lowest BCUT2D eigenvalue weighted by atomic mass is 10.2. The predicted octanol–water partition coefficient (Wildman–Crippen LogP) is 4.93. The average molecular weight is 467 g/mol. The second-order valence-corrected chi connectivity index (χ2v) is 7.56. The van der Waals surface area contributed by atoms with Gasteiger partial charge in [0, 0.05) is 16.0 Å². The first-order valence-corrected chi connectivity index (χ1v) is 10.1. The number of carbonyl (C=O) groups is 2. The molecule has 1 amide bonds. The number of carbonyl (C=O) groups excluding carboxylic acids is 2. The molecule has 2 aromatic carbocycles. The van der Waals surface area contributed by atoms with Crippen molar-refractivity contribution in [3.8, 4) is 22.1 Å². The predicted molar refractivity (Wildman–Crippen MR) is 116 cm³/mol. The summed E-state index contributed by atoms with van der Waals surface area (Å²) in [6.45, 7) is -0.495. The van der Waals surface area contributed by atoms with Crippen LogP contribution in [-0.2, 0) is 9.53 Å². The fraction of sp³-hybridized carbons (Fsp3) is 0.150. The molecule has 3 rings (SSSR count). The number of ether oxygens (including phenoxy) is 3. The molecule has 0 aliphatic heterocycles. The van der Waals surface area contributed by atoms with E-state index in [-0.39, 0.29) is 5.69 Å². The Hall–Kier alpha value is -2.81. The highest BCUT2D eigenvalue weighted by Gasteiger charge is 2.16. The van der Waals surface area contributed by atoms with E-state index in [0.717, 1.165) is 5.56 Å². The number of nitrogens with one attached hydrogen (secondary N) is 1. The van der Waals surface area contributed by atoms with E-state index in [1.54, 1.807) is 42.8 Å². The zero-order valence-electron chi connectivity index (χ0n) is 15.9. The van der Waals surface area contributed by atoms with Crippen molar-refractivity contribution >= 4 is 52.1 Å². The average Bonchev–Trinajstić information content (AvgIpc) is 3.24. The normalized spacial score (nSPS) is 10.4. The molecule has 1 N–H and O–H groups in total. The second-order valence-electron chi connectivity index (χ2n) is 5.86. The van der Waals surface area contributed by atoms with Gasteiger partial charge in [-0.2, -0.15) is 0 Å². The minimum Gasteiger partial charge on any atom is -0.493 e. The molecule has 0 atom stereocenters. The number of benzene rings is 2. The highest BCUT2D eigenvalue weighted by Crippen LogP contribution is 2.33. The summed E-state index contributed by atoms with van der Waals surface area (Å²) in [6.07, 6.45) is 0. The van der Waals surface area contributed by atoms with E-state index >= 15 is 0 Å². The summed E-state index contributed by atoms with van der Waals surface area (Å²) in [5.41, 5.74) is 1.18. The van der Waals surface area contributed by atoms with E-state index < -0.39 is 18.5 Å². The summed E-state index contributed by atoms with van der Waals surface area (Å²) in [4.78, 5) is 28.6. The van der Waals surface area contributed by atoms with E-state index in [4.69, 9.17) is 37.4 Å². The highest BCUT2D eigenvalue weighted by atomic mass is 35.5. The van der Waals surface area contributed by atoms with Gasteiger partial charge in [0.05, 0.1) is 24.9 Å². The van der Waals surface area contributed by atoms with Crippen molar-refractivity contribution in [2.24, 2.45) is 0 Å². The van der Waals surface area contributed by atoms with Gasteiger partial charge in [0.2, 0.25) is 0 Å². The molecule has 10 heteroatoms. The van der Waals surface area contributed by atoms with Crippen LogP contribution < -0.4 is 14.8 Å². The summed E-state index contributed by atoms with van der Waals surface area (Å²) in [5.74, 6) is -0.137. The number of methoxy groups -OCH3 is 2. The fourth-order valence-corrected chi connectivity index (χ4v) is 3.58. The van der Waals surface area contributed by atoms with Gasteiger partial charge < -0.3 is 19.5 Å². The molecule has 0 aliphatic rings. The number of halogens is 2. The van der Waals surface area contributed by atoms with Crippen LogP contribution >= 0.6 is 34.5 Å². The maximum Gasteiger partial charge on any atom is 0.358 e. The first-order valence-electron chi connectivity index (χ1n) is 8.51. The minimum absolute atomic E-state index is 0.0957. The Balaban J connectivity index is 1.62. The zero-order valence-corrected chi connectivity index (χ0v) is 18.2. The van der Waals surface area contributed by atoms with Gasteiger partial charge >= 0.3 is 5.97 Å². The van der Waals surface area contributed by atoms with Crippen LogP contribution in [0.15, 0.2) is 41.8 Å². The molecule has 0 bridgehead atoms. The van der Waals surface area contributed by atoms with Crippen LogP contribution in [-0.4, -0.2) is 37.7 Å². The first-order chi connectivity index (χ1) is 14.4. The Kier molecular flexibility index (Phi) is 7.15. The quantitative estimate of drug-likeness (QED) is 0.496. The Morgan fingerprint density at radius 3 is 2.57 bits per heavy atom. The molecule has 7 nitrogen and oxygen atoms in total. The van der Waals surface area contributed by atoms with E-state index in [1.807, 2.05) is 0 Å². The largest absolute Gasteiger partial charge is 0.493 e. The Labute approximate surface area is 186 Å². The molecule has 1 heterocycles. The number of hydrogen-bond acceptors (Lipinski definition) is 7. The third-order valence-electron chi connectivity index (χ3n) is 3.88. The molecule has 0 spiro atoms. The lowest BCUT2D eigenvalue weighted by Crippen LogP contribution is -2.21. The molecule has 156 valence electrons. The van der Waals surface area contributed by atoms with Crippen LogP contribution in [0.3, 0.4) is 0 Å². The third kappa shape index (κ3) is 5.21. The van der Waals surface area contributed by atoms with Gasteiger partial charge in [-0.05, 0) is 36.4 Å². The van der Waals surface area contributed by atoms with Crippen molar-refractivity contribution in [1.82, 2.24) is 4.98 Å². The summed E-state index contributed by atoms with van der Waals surface area (Å²) in [5, 5.41) is 5.42. The molecule has 0 saturated carbocycles. The standard InChI is InChI=1S/C20H16Cl2N2O5S/c1-27-16-6-3-11(7-17(16)28-2)19-24-15(10-30-19)20(26)29-9-18(25)23-14-8-12(21)4-5-13(14)22/h3-8,10H,9H2,1-2H3,(H,23,25). The Morgan fingerprint density at radius 2 is 1.83 bits per heavy atom. The Bertz CT molecular complexity index is 1090. The molecular weight excluding hydrogens is 451 g/mol.